The summed E-state index contributed by atoms with van der Waals surface area (Å²) < 4.78 is 37.8. The van der Waals surface area contributed by atoms with E-state index >= 15 is 0 Å². The zero-order chi connectivity index (χ0) is 25.1. The molecule has 1 fully saturated rings. The number of esters is 1. The van der Waals surface area contributed by atoms with Gasteiger partial charge in [0.15, 0.2) is 12.1 Å². The number of benzene rings is 1. The fraction of sp³-hybridized carbons (Fsp3) is 0.565. The van der Waals surface area contributed by atoms with Crippen LogP contribution in [0.2, 0.25) is 0 Å². The van der Waals surface area contributed by atoms with Crippen LogP contribution < -0.4 is 4.74 Å². The highest BCUT2D eigenvalue weighted by molar-refractivity contribution is 8.01. The molecule has 0 aliphatic carbocycles. The lowest BCUT2D eigenvalue weighted by Gasteiger charge is -2.58. The third-order valence-corrected chi connectivity index (χ3v) is 8.90. The molecule has 0 unspecified atom stereocenters. The van der Waals surface area contributed by atoms with Gasteiger partial charge in [-0.25, -0.2) is 8.42 Å². The van der Waals surface area contributed by atoms with Crippen molar-refractivity contribution in [3.63, 3.8) is 0 Å². The van der Waals surface area contributed by atoms with Crippen molar-refractivity contribution < 1.29 is 32.6 Å². The highest BCUT2D eigenvalue weighted by Crippen LogP contribution is 2.54. The first kappa shape index (κ1) is 27.0. The van der Waals surface area contributed by atoms with E-state index in [1.54, 1.807) is 34.6 Å². The molecular formula is C23H31NO7S2. The van der Waals surface area contributed by atoms with E-state index in [1.807, 2.05) is 0 Å². The van der Waals surface area contributed by atoms with Gasteiger partial charge in [0.25, 0.3) is 0 Å². The monoisotopic (exact) mass is 497 g/mol. The molecule has 0 bridgehead atoms. The molecule has 0 spiro atoms. The number of hydrogen-bond acceptors (Lipinski definition) is 7. The van der Waals surface area contributed by atoms with Crippen molar-refractivity contribution in [2.75, 3.05) is 25.5 Å². The Morgan fingerprint density at radius 3 is 2.24 bits per heavy atom. The minimum Gasteiger partial charge on any atom is -0.481 e. The Kier molecular flexibility index (Phi) is 8.15. The Bertz CT molecular complexity index is 1050. The molecule has 0 amide bonds. The molecule has 1 N–H and O–H groups in total. The number of ether oxygens (including phenoxy) is 2. The molecule has 0 radical (unpaired) electrons. The van der Waals surface area contributed by atoms with E-state index in [-0.39, 0.29) is 24.7 Å². The lowest BCUT2D eigenvalue weighted by Crippen LogP contribution is -2.75. The van der Waals surface area contributed by atoms with Gasteiger partial charge < -0.3 is 14.6 Å². The maximum absolute atomic E-state index is 13.7. The predicted molar refractivity (Wildman–Crippen MR) is 127 cm³/mol. The van der Waals surface area contributed by atoms with Gasteiger partial charge in [0.05, 0.1) is 4.90 Å². The molecule has 1 aromatic carbocycles. The first-order valence-corrected chi connectivity index (χ1v) is 12.8. The Balaban J connectivity index is 2.32. The summed E-state index contributed by atoms with van der Waals surface area (Å²) >= 11 is 1.47. The number of carbonyl (C=O) groups is 2. The Labute approximate surface area is 200 Å². The topological polar surface area (TPSA) is 110 Å². The zero-order valence-electron chi connectivity index (χ0n) is 19.8. The zero-order valence-corrected chi connectivity index (χ0v) is 21.4. The van der Waals surface area contributed by atoms with Gasteiger partial charge in [-0.1, -0.05) is 32.6 Å². The summed E-state index contributed by atoms with van der Waals surface area (Å²) in [5.41, 5.74) is -2.54. The molecule has 1 aliphatic heterocycles. The van der Waals surface area contributed by atoms with E-state index in [0.717, 1.165) is 4.31 Å². The molecule has 1 aliphatic rings. The maximum Gasteiger partial charge on any atom is 0.327 e. The van der Waals surface area contributed by atoms with E-state index in [1.165, 1.54) is 43.0 Å². The van der Waals surface area contributed by atoms with Crippen LogP contribution in [0.1, 0.15) is 41.5 Å². The summed E-state index contributed by atoms with van der Waals surface area (Å²) in [6, 6.07) is 5.82. The molecular weight excluding hydrogens is 466 g/mol. The van der Waals surface area contributed by atoms with Crippen molar-refractivity contribution in [3.05, 3.63) is 24.3 Å². The van der Waals surface area contributed by atoms with Crippen LogP contribution in [0.4, 0.5) is 0 Å². The van der Waals surface area contributed by atoms with Crippen molar-refractivity contribution in [1.82, 2.24) is 4.31 Å². The fourth-order valence-corrected chi connectivity index (χ4v) is 8.09. The second-order valence-corrected chi connectivity index (χ2v) is 12.7. The van der Waals surface area contributed by atoms with E-state index in [4.69, 9.17) is 9.47 Å². The number of sulfonamides is 1. The van der Waals surface area contributed by atoms with Gasteiger partial charge in [0.1, 0.15) is 12.4 Å². The molecule has 8 nitrogen and oxygen atoms in total. The third-order valence-electron chi connectivity index (χ3n) is 5.59. The highest BCUT2D eigenvalue weighted by atomic mass is 32.2. The molecule has 1 saturated heterocycles. The number of carboxylic acids is 1. The lowest BCUT2D eigenvalue weighted by molar-refractivity contribution is -0.158. The Morgan fingerprint density at radius 2 is 1.73 bits per heavy atom. The average molecular weight is 498 g/mol. The molecule has 0 aromatic heterocycles. The summed E-state index contributed by atoms with van der Waals surface area (Å²) in [5, 5.41) is 10.4. The standard InChI is InChI=1S/C23H31NO7S2/c1-17(25)30-14-7-8-15-31-18-9-11-19(12-10-18)33(28,29)24-13-16-32-22(5,6)23(24,20(26)27)21(2,3)4/h9-12H,13-16H2,1-6H3,(H,26,27)/t23-/m1/s1. The van der Waals surface area contributed by atoms with Crippen LogP contribution in [0.15, 0.2) is 29.2 Å². The summed E-state index contributed by atoms with van der Waals surface area (Å²) in [4.78, 5) is 23.4. The maximum atomic E-state index is 13.7. The van der Waals surface area contributed by atoms with Gasteiger partial charge in [-0.15, -0.1) is 0 Å². The van der Waals surface area contributed by atoms with E-state index in [9.17, 15) is 23.1 Å². The van der Waals surface area contributed by atoms with Crippen molar-refractivity contribution in [3.8, 4) is 17.6 Å². The fourth-order valence-electron chi connectivity index (χ4n) is 4.41. The molecule has 0 saturated carbocycles. The van der Waals surface area contributed by atoms with Crippen molar-refractivity contribution in [2.24, 2.45) is 5.41 Å². The van der Waals surface area contributed by atoms with Gasteiger partial charge in [-0.2, -0.15) is 16.1 Å². The number of thioether (sulfide) groups is 1. The Hall–Kier alpha value is -2.22. The smallest absolute Gasteiger partial charge is 0.327 e. The number of carboxylic acid groups (broad SMARTS) is 1. The molecule has 33 heavy (non-hydrogen) atoms. The highest BCUT2D eigenvalue weighted by Gasteiger charge is 2.67. The van der Waals surface area contributed by atoms with E-state index < -0.39 is 37.7 Å². The van der Waals surface area contributed by atoms with Gasteiger partial charge in [-0.05, 0) is 43.5 Å². The summed E-state index contributed by atoms with van der Waals surface area (Å²) in [7, 11) is -4.12. The number of hydrogen-bond donors (Lipinski definition) is 1. The first-order chi connectivity index (χ1) is 15.2. The number of carbonyl (C=O) groups excluding carboxylic acids is 1. The van der Waals surface area contributed by atoms with Gasteiger partial charge in [0.2, 0.25) is 10.0 Å². The van der Waals surface area contributed by atoms with Crippen LogP contribution in [0, 0.1) is 17.3 Å². The second-order valence-electron chi connectivity index (χ2n) is 9.10. The van der Waals surface area contributed by atoms with Crippen molar-refractivity contribution in [1.29, 1.82) is 0 Å². The number of nitrogens with zero attached hydrogens (tertiary/aromatic N) is 1. The van der Waals surface area contributed by atoms with Crippen LogP contribution in [0.3, 0.4) is 0 Å². The van der Waals surface area contributed by atoms with Crippen LogP contribution in [0.25, 0.3) is 0 Å². The average Bonchev–Trinajstić information content (AvgIpc) is 2.68. The molecule has 1 heterocycles. The van der Waals surface area contributed by atoms with Crippen molar-refractivity contribution >= 4 is 33.7 Å². The van der Waals surface area contributed by atoms with Crippen molar-refractivity contribution in [2.45, 2.75) is 56.7 Å². The summed E-state index contributed by atoms with van der Waals surface area (Å²) in [6.45, 7) is 10.3. The lowest BCUT2D eigenvalue weighted by atomic mass is 9.66. The van der Waals surface area contributed by atoms with Crippen LogP contribution >= 0.6 is 11.8 Å². The largest absolute Gasteiger partial charge is 0.481 e. The van der Waals surface area contributed by atoms with E-state index in [0.29, 0.717) is 11.5 Å². The second kappa shape index (κ2) is 9.95. The van der Waals surface area contributed by atoms with Gasteiger partial charge in [0, 0.05) is 24.0 Å². The summed E-state index contributed by atoms with van der Waals surface area (Å²) in [6.07, 6.45) is 0. The third kappa shape index (κ3) is 5.31. The van der Waals surface area contributed by atoms with Crippen LogP contribution in [0.5, 0.6) is 5.75 Å². The Morgan fingerprint density at radius 1 is 1.15 bits per heavy atom. The SMILES string of the molecule is CC(=O)OCC#CCOc1ccc(S(=O)(=O)N2CCSC(C)(C)[C@@]2(C(=O)O)C(C)(C)C)cc1. The van der Waals surface area contributed by atoms with E-state index in [2.05, 4.69) is 11.8 Å². The van der Waals surface area contributed by atoms with Gasteiger partial charge in [-0.3, -0.25) is 9.59 Å². The quantitative estimate of drug-likeness (QED) is 0.472. The molecule has 182 valence electrons. The number of aliphatic carboxylic acids is 1. The van der Waals surface area contributed by atoms with Crippen LogP contribution in [-0.2, 0) is 24.3 Å². The molecule has 10 heteroatoms. The predicted octanol–water partition coefficient (Wildman–Crippen LogP) is 3.02. The first-order valence-electron chi connectivity index (χ1n) is 10.4. The molecule has 2 rings (SSSR count). The summed E-state index contributed by atoms with van der Waals surface area (Å²) in [5.74, 6) is 4.63. The molecule has 1 atom stereocenters. The van der Waals surface area contributed by atoms with Crippen LogP contribution in [-0.4, -0.2) is 65.6 Å². The minimum atomic E-state index is -4.12. The molecule has 1 aromatic rings. The van der Waals surface area contributed by atoms with Gasteiger partial charge >= 0.3 is 11.9 Å². The normalized spacial score (nSPS) is 20.9. The number of rotatable bonds is 6. The minimum absolute atomic E-state index is 0.00614.